The summed E-state index contributed by atoms with van der Waals surface area (Å²) < 4.78 is 7.23. The van der Waals surface area contributed by atoms with Gasteiger partial charge in [-0.15, -0.1) is 0 Å². The van der Waals surface area contributed by atoms with Crippen molar-refractivity contribution in [2.24, 2.45) is 7.05 Å². The number of hydrogen-bond donors (Lipinski definition) is 3. The molecule has 4 heterocycles. The van der Waals surface area contributed by atoms with Crippen molar-refractivity contribution in [3.05, 3.63) is 83.7 Å². The van der Waals surface area contributed by atoms with Gasteiger partial charge in [-0.1, -0.05) is 30.3 Å². The fourth-order valence-electron chi connectivity index (χ4n) is 5.15. The molecule has 9 heteroatoms. The molecule has 2 aliphatic rings. The number of aliphatic hydroxyl groups excluding tert-OH is 1. The first-order chi connectivity index (χ1) is 17.4. The smallest absolute Gasteiger partial charge is 0.254 e. The number of carbonyl (C=O) groups is 2. The highest BCUT2D eigenvalue weighted by atomic mass is 16.5. The summed E-state index contributed by atoms with van der Waals surface area (Å²) in [5.41, 5.74) is 3.58. The molecule has 0 spiro atoms. The molecule has 2 aliphatic heterocycles. The highest BCUT2D eigenvalue weighted by Crippen LogP contribution is 2.34. The number of benzene rings is 2. The van der Waals surface area contributed by atoms with Gasteiger partial charge < -0.3 is 24.6 Å². The third-order valence-electron chi connectivity index (χ3n) is 7.08. The number of nitrogens with zero attached hydrogens (tertiary/aromatic N) is 3. The van der Waals surface area contributed by atoms with E-state index in [1.165, 1.54) is 0 Å². The van der Waals surface area contributed by atoms with E-state index in [0.717, 1.165) is 27.7 Å². The Morgan fingerprint density at radius 2 is 1.92 bits per heavy atom. The molecule has 1 unspecified atom stereocenters. The molecule has 0 aliphatic carbocycles. The van der Waals surface area contributed by atoms with Crippen LogP contribution in [0.3, 0.4) is 0 Å². The lowest BCUT2D eigenvalue weighted by Crippen LogP contribution is -2.53. The zero-order valence-electron chi connectivity index (χ0n) is 19.9. The number of amides is 2. The molecule has 1 fully saturated rings. The number of hydrogen-bond acceptors (Lipinski definition) is 6. The average Bonchev–Trinajstić information content (AvgIpc) is 3.51. The normalized spacial score (nSPS) is 21.2. The minimum absolute atomic E-state index is 0.0581. The van der Waals surface area contributed by atoms with Gasteiger partial charge in [-0.2, -0.15) is 0 Å². The first-order valence-electron chi connectivity index (χ1n) is 11.6. The van der Waals surface area contributed by atoms with Crippen LogP contribution in [0.4, 0.5) is 0 Å². The second-order valence-corrected chi connectivity index (χ2v) is 9.25. The van der Waals surface area contributed by atoms with Crippen LogP contribution in [-0.4, -0.2) is 51.4 Å². The van der Waals surface area contributed by atoms with Crippen molar-refractivity contribution in [1.82, 2.24) is 25.1 Å². The lowest BCUT2D eigenvalue weighted by atomic mass is 9.88. The summed E-state index contributed by atoms with van der Waals surface area (Å²) in [5.74, 6) is 0.0270. The molecule has 2 atom stereocenters. The number of aromatic nitrogens is 2. The number of fused-ring (bicyclic) bond motifs is 2. The summed E-state index contributed by atoms with van der Waals surface area (Å²) >= 11 is 0. The number of ether oxygens (including phenoxy) is 1. The van der Waals surface area contributed by atoms with Gasteiger partial charge in [0.1, 0.15) is 16.9 Å². The molecular formula is C27H25N5O4. The van der Waals surface area contributed by atoms with Crippen LogP contribution in [0.15, 0.2) is 67.0 Å². The molecule has 2 aromatic heterocycles. The van der Waals surface area contributed by atoms with Gasteiger partial charge in [0.25, 0.3) is 5.91 Å². The van der Waals surface area contributed by atoms with Crippen LogP contribution in [0, 0.1) is 0 Å². The summed E-state index contributed by atoms with van der Waals surface area (Å²) in [4.78, 5) is 32.6. The van der Waals surface area contributed by atoms with Crippen LogP contribution in [0.25, 0.3) is 22.2 Å². The van der Waals surface area contributed by atoms with E-state index in [0.29, 0.717) is 23.4 Å². The Kier molecular flexibility index (Phi) is 5.06. The van der Waals surface area contributed by atoms with Gasteiger partial charge in [0, 0.05) is 42.5 Å². The first-order valence-corrected chi connectivity index (χ1v) is 11.6. The predicted molar refractivity (Wildman–Crippen MR) is 133 cm³/mol. The Labute approximate surface area is 207 Å². The predicted octanol–water partition coefficient (Wildman–Crippen LogP) is 2.10. The minimum Gasteiger partial charge on any atom is -0.497 e. The summed E-state index contributed by atoms with van der Waals surface area (Å²) in [7, 11) is 3.51. The summed E-state index contributed by atoms with van der Waals surface area (Å²) in [6.45, 7) is 0.425. The molecular weight excluding hydrogens is 458 g/mol. The second-order valence-electron chi connectivity index (χ2n) is 9.25. The number of nitrogens with one attached hydrogen (secondary N) is 2. The first kappa shape index (κ1) is 22.3. The molecule has 3 N–H and O–H groups in total. The number of methoxy groups -OCH3 is 1. The third kappa shape index (κ3) is 3.43. The summed E-state index contributed by atoms with van der Waals surface area (Å²) in [6.07, 6.45) is 2.58. The van der Waals surface area contributed by atoms with Crippen LogP contribution in [-0.2, 0) is 23.9 Å². The Morgan fingerprint density at radius 3 is 2.64 bits per heavy atom. The Bertz CT molecular complexity index is 1510. The molecule has 2 amide bonds. The lowest BCUT2D eigenvalue weighted by molar-refractivity contribution is -0.125. The standard InChI is InChI=1S/C27H25N5O4/c1-31-10-9-17-11-19(13-28-23(17)31)16-3-6-20(7-4-16)27(25(34)29-26(35)30-27)15-32-14-18-5-8-21(36-2)12-22(18)24(32)33/h3-13,26,30,35H,14-15H2,1-2H3,(H,29,34)/t26?,27-/m1/s1. The molecule has 1 saturated heterocycles. The Hall–Kier alpha value is -4.21. The Balaban J connectivity index is 1.32. The molecule has 0 radical (unpaired) electrons. The molecule has 0 saturated carbocycles. The van der Waals surface area contributed by atoms with E-state index in [-0.39, 0.29) is 12.5 Å². The molecule has 9 nitrogen and oxygen atoms in total. The largest absolute Gasteiger partial charge is 0.497 e. The van der Waals surface area contributed by atoms with Crippen molar-refractivity contribution >= 4 is 22.8 Å². The molecule has 182 valence electrons. The van der Waals surface area contributed by atoms with Gasteiger partial charge >= 0.3 is 0 Å². The second kappa shape index (κ2) is 8.18. The lowest BCUT2D eigenvalue weighted by Gasteiger charge is -2.32. The number of rotatable bonds is 5. The van der Waals surface area contributed by atoms with Gasteiger partial charge in [0.15, 0.2) is 6.35 Å². The van der Waals surface area contributed by atoms with Crippen molar-refractivity contribution < 1.29 is 19.4 Å². The topological polar surface area (TPSA) is 109 Å². The van der Waals surface area contributed by atoms with E-state index in [1.54, 1.807) is 18.1 Å². The van der Waals surface area contributed by atoms with Crippen molar-refractivity contribution in [3.8, 4) is 16.9 Å². The summed E-state index contributed by atoms with van der Waals surface area (Å²) in [5, 5.41) is 16.8. The van der Waals surface area contributed by atoms with Crippen molar-refractivity contribution in [2.75, 3.05) is 13.7 Å². The monoisotopic (exact) mass is 483 g/mol. The average molecular weight is 484 g/mol. The third-order valence-corrected chi connectivity index (χ3v) is 7.08. The van der Waals surface area contributed by atoms with Crippen LogP contribution >= 0.6 is 0 Å². The molecule has 6 rings (SSSR count). The van der Waals surface area contributed by atoms with E-state index >= 15 is 0 Å². The van der Waals surface area contributed by atoms with Crippen LogP contribution in [0.1, 0.15) is 21.5 Å². The number of aryl methyl sites for hydroxylation is 1. The highest BCUT2D eigenvalue weighted by molar-refractivity contribution is 6.00. The minimum atomic E-state index is -1.30. The SMILES string of the molecule is COc1ccc2c(c1)C(=O)N(C[C@]1(c3ccc(-c4cnc5c(ccn5C)c4)cc3)NC(O)NC1=O)C2. The Morgan fingerprint density at radius 1 is 1.11 bits per heavy atom. The number of pyridine rings is 1. The van der Waals surface area contributed by atoms with E-state index < -0.39 is 17.8 Å². The van der Waals surface area contributed by atoms with Gasteiger partial charge in [0.05, 0.1) is 13.7 Å². The van der Waals surface area contributed by atoms with E-state index in [9.17, 15) is 14.7 Å². The van der Waals surface area contributed by atoms with Gasteiger partial charge in [-0.3, -0.25) is 14.9 Å². The fraction of sp³-hybridized carbons (Fsp3) is 0.222. The van der Waals surface area contributed by atoms with Crippen LogP contribution < -0.4 is 15.4 Å². The highest BCUT2D eigenvalue weighted by Gasteiger charge is 2.50. The quantitative estimate of drug-likeness (QED) is 0.401. The van der Waals surface area contributed by atoms with Crippen LogP contribution in [0.2, 0.25) is 0 Å². The zero-order valence-corrected chi connectivity index (χ0v) is 19.9. The van der Waals surface area contributed by atoms with Crippen molar-refractivity contribution in [1.29, 1.82) is 0 Å². The molecule has 0 bridgehead atoms. The van der Waals surface area contributed by atoms with E-state index in [4.69, 9.17) is 4.74 Å². The van der Waals surface area contributed by atoms with Gasteiger partial charge in [-0.05, 0) is 41.0 Å². The van der Waals surface area contributed by atoms with E-state index in [1.807, 2.05) is 66.5 Å². The van der Waals surface area contributed by atoms with Crippen molar-refractivity contribution in [2.45, 2.75) is 18.4 Å². The molecule has 2 aromatic carbocycles. The summed E-state index contributed by atoms with van der Waals surface area (Å²) in [6, 6.07) is 17.0. The van der Waals surface area contributed by atoms with Crippen LogP contribution in [0.5, 0.6) is 5.75 Å². The zero-order chi connectivity index (χ0) is 25.0. The molecule has 36 heavy (non-hydrogen) atoms. The van der Waals surface area contributed by atoms with E-state index in [2.05, 4.69) is 21.7 Å². The maximum atomic E-state index is 13.2. The van der Waals surface area contributed by atoms with Crippen molar-refractivity contribution in [3.63, 3.8) is 0 Å². The fourth-order valence-corrected chi connectivity index (χ4v) is 5.15. The number of carbonyl (C=O) groups excluding carboxylic acids is 2. The maximum absolute atomic E-state index is 13.2. The molecule has 4 aromatic rings. The van der Waals surface area contributed by atoms with Gasteiger partial charge in [-0.25, -0.2) is 4.98 Å². The number of aliphatic hydroxyl groups is 1. The maximum Gasteiger partial charge on any atom is 0.254 e. The van der Waals surface area contributed by atoms with Gasteiger partial charge in [0.2, 0.25) is 5.91 Å².